The standard InChI is InChI=1S/C10H12BrF2NO/c1-15-10-7(11)5-6(3-2-4-14)8(12)9(10)13/h5H,2-4,14H2,1H3. The summed E-state index contributed by atoms with van der Waals surface area (Å²) in [4.78, 5) is 0. The second kappa shape index (κ2) is 5.42. The molecule has 1 rings (SSSR count). The number of hydrogen-bond acceptors (Lipinski definition) is 2. The van der Waals surface area contributed by atoms with Crippen molar-refractivity contribution in [1.29, 1.82) is 0 Å². The Labute approximate surface area is 95.5 Å². The van der Waals surface area contributed by atoms with Crippen molar-refractivity contribution in [3.63, 3.8) is 0 Å². The molecule has 0 unspecified atom stereocenters. The van der Waals surface area contributed by atoms with Crippen LogP contribution in [0.1, 0.15) is 12.0 Å². The number of benzene rings is 1. The molecule has 2 nitrogen and oxygen atoms in total. The average molecular weight is 280 g/mol. The van der Waals surface area contributed by atoms with E-state index in [9.17, 15) is 8.78 Å². The number of methoxy groups -OCH3 is 1. The van der Waals surface area contributed by atoms with Gasteiger partial charge in [-0.15, -0.1) is 0 Å². The molecule has 2 N–H and O–H groups in total. The van der Waals surface area contributed by atoms with E-state index in [-0.39, 0.29) is 5.75 Å². The molecule has 0 aromatic heterocycles. The van der Waals surface area contributed by atoms with Crippen LogP contribution in [0, 0.1) is 11.6 Å². The zero-order valence-electron chi connectivity index (χ0n) is 8.32. The van der Waals surface area contributed by atoms with Crippen LogP contribution in [0.25, 0.3) is 0 Å². The van der Waals surface area contributed by atoms with Crippen LogP contribution in [0.3, 0.4) is 0 Å². The molecule has 0 aliphatic rings. The lowest BCUT2D eigenvalue weighted by molar-refractivity contribution is 0.367. The van der Waals surface area contributed by atoms with Gasteiger partial charge in [0.15, 0.2) is 11.6 Å². The van der Waals surface area contributed by atoms with Gasteiger partial charge >= 0.3 is 0 Å². The molecule has 15 heavy (non-hydrogen) atoms. The molecule has 1 aromatic carbocycles. The molecule has 0 fully saturated rings. The van der Waals surface area contributed by atoms with Gasteiger partial charge in [-0.2, -0.15) is 4.39 Å². The van der Waals surface area contributed by atoms with Gasteiger partial charge in [0.2, 0.25) is 5.82 Å². The van der Waals surface area contributed by atoms with Crippen LogP contribution >= 0.6 is 15.9 Å². The van der Waals surface area contributed by atoms with Crippen molar-refractivity contribution in [1.82, 2.24) is 0 Å². The summed E-state index contributed by atoms with van der Waals surface area (Å²) in [5, 5.41) is 0. The highest BCUT2D eigenvalue weighted by atomic mass is 79.9. The van der Waals surface area contributed by atoms with Crippen LogP contribution in [-0.4, -0.2) is 13.7 Å². The summed E-state index contributed by atoms with van der Waals surface area (Å²) in [5.74, 6) is -1.92. The second-order valence-electron chi connectivity index (χ2n) is 3.07. The zero-order chi connectivity index (χ0) is 11.4. The lowest BCUT2D eigenvalue weighted by atomic mass is 10.1. The highest BCUT2D eigenvalue weighted by Crippen LogP contribution is 2.32. The van der Waals surface area contributed by atoms with Crippen molar-refractivity contribution in [2.45, 2.75) is 12.8 Å². The van der Waals surface area contributed by atoms with Crippen LogP contribution in [0.4, 0.5) is 8.78 Å². The monoisotopic (exact) mass is 279 g/mol. The summed E-state index contributed by atoms with van der Waals surface area (Å²) in [5.41, 5.74) is 5.62. The number of nitrogens with two attached hydrogens (primary N) is 1. The number of hydrogen-bond donors (Lipinski definition) is 1. The minimum absolute atomic E-state index is 0.107. The Morgan fingerprint density at radius 3 is 2.60 bits per heavy atom. The van der Waals surface area contributed by atoms with E-state index >= 15 is 0 Å². The first-order valence-electron chi connectivity index (χ1n) is 4.52. The molecule has 0 saturated heterocycles. The topological polar surface area (TPSA) is 35.2 Å². The number of halogens is 3. The first-order valence-corrected chi connectivity index (χ1v) is 5.31. The SMILES string of the molecule is COc1c(Br)cc(CCCN)c(F)c1F. The minimum Gasteiger partial charge on any atom is -0.492 e. The van der Waals surface area contributed by atoms with Gasteiger partial charge in [-0.3, -0.25) is 0 Å². The first-order chi connectivity index (χ1) is 7.11. The molecule has 0 radical (unpaired) electrons. The Morgan fingerprint density at radius 2 is 2.07 bits per heavy atom. The lowest BCUT2D eigenvalue weighted by Gasteiger charge is -2.09. The van der Waals surface area contributed by atoms with E-state index < -0.39 is 11.6 Å². The predicted molar refractivity (Wildman–Crippen MR) is 58.0 cm³/mol. The quantitative estimate of drug-likeness (QED) is 0.860. The summed E-state index contributed by atoms with van der Waals surface area (Å²) in [6.45, 7) is 0.449. The molecule has 0 bridgehead atoms. The molecular formula is C10H12BrF2NO. The fourth-order valence-corrected chi connectivity index (χ4v) is 1.90. The summed E-state index contributed by atoms with van der Waals surface area (Å²) < 4.78 is 32.0. The van der Waals surface area contributed by atoms with E-state index in [0.29, 0.717) is 29.4 Å². The summed E-state index contributed by atoms with van der Waals surface area (Å²) in [6, 6.07) is 1.52. The molecule has 0 aliphatic heterocycles. The van der Waals surface area contributed by atoms with Gasteiger partial charge in [-0.25, -0.2) is 4.39 Å². The van der Waals surface area contributed by atoms with Crippen molar-refractivity contribution in [3.8, 4) is 5.75 Å². The normalized spacial score (nSPS) is 10.5. The lowest BCUT2D eigenvalue weighted by Crippen LogP contribution is -2.04. The van der Waals surface area contributed by atoms with Crippen LogP contribution in [0.2, 0.25) is 0 Å². The van der Waals surface area contributed by atoms with Crippen molar-refractivity contribution < 1.29 is 13.5 Å². The molecule has 0 spiro atoms. The highest BCUT2D eigenvalue weighted by Gasteiger charge is 2.17. The Hall–Kier alpha value is -0.680. The third-order valence-corrected chi connectivity index (χ3v) is 2.64. The summed E-state index contributed by atoms with van der Waals surface area (Å²) in [7, 11) is 1.29. The molecule has 84 valence electrons. The molecule has 0 aliphatic carbocycles. The van der Waals surface area contributed by atoms with Crippen LogP contribution in [0.5, 0.6) is 5.75 Å². The van der Waals surface area contributed by atoms with Crippen molar-refractivity contribution >= 4 is 15.9 Å². The van der Waals surface area contributed by atoms with Crippen molar-refractivity contribution in [3.05, 3.63) is 27.7 Å². The third-order valence-electron chi connectivity index (χ3n) is 2.05. The Bertz CT molecular complexity index is 358. The maximum absolute atomic E-state index is 13.4. The molecular weight excluding hydrogens is 268 g/mol. The molecule has 0 saturated carbocycles. The van der Waals surface area contributed by atoms with E-state index in [0.717, 1.165) is 0 Å². The molecule has 0 heterocycles. The van der Waals surface area contributed by atoms with Gasteiger partial charge in [-0.1, -0.05) is 0 Å². The Morgan fingerprint density at radius 1 is 1.40 bits per heavy atom. The molecule has 5 heteroatoms. The van der Waals surface area contributed by atoms with Crippen molar-refractivity contribution in [2.75, 3.05) is 13.7 Å². The maximum Gasteiger partial charge on any atom is 0.202 e. The maximum atomic E-state index is 13.4. The average Bonchev–Trinajstić information content (AvgIpc) is 2.22. The number of rotatable bonds is 4. The summed E-state index contributed by atoms with van der Waals surface area (Å²) in [6.07, 6.45) is 1.04. The van der Waals surface area contributed by atoms with E-state index in [1.54, 1.807) is 0 Å². The largest absolute Gasteiger partial charge is 0.492 e. The van der Waals surface area contributed by atoms with Crippen LogP contribution in [-0.2, 0) is 6.42 Å². The van der Waals surface area contributed by atoms with Gasteiger partial charge in [0.1, 0.15) is 0 Å². The van der Waals surface area contributed by atoms with Crippen LogP contribution < -0.4 is 10.5 Å². The fraction of sp³-hybridized carbons (Fsp3) is 0.400. The van der Waals surface area contributed by atoms with Crippen molar-refractivity contribution in [2.24, 2.45) is 5.73 Å². The third kappa shape index (κ3) is 2.66. The van der Waals surface area contributed by atoms with Gasteiger partial charge in [0.05, 0.1) is 11.6 Å². The van der Waals surface area contributed by atoms with Gasteiger partial charge in [0.25, 0.3) is 0 Å². The smallest absolute Gasteiger partial charge is 0.202 e. The van der Waals surface area contributed by atoms with Gasteiger partial charge in [0, 0.05) is 0 Å². The van der Waals surface area contributed by atoms with E-state index in [4.69, 9.17) is 10.5 Å². The van der Waals surface area contributed by atoms with E-state index in [1.807, 2.05) is 0 Å². The molecule has 0 atom stereocenters. The highest BCUT2D eigenvalue weighted by molar-refractivity contribution is 9.10. The fourth-order valence-electron chi connectivity index (χ4n) is 1.29. The molecule has 1 aromatic rings. The van der Waals surface area contributed by atoms with E-state index in [1.165, 1.54) is 13.2 Å². The zero-order valence-corrected chi connectivity index (χ0v) is 9.90. The minimum atomic E-state index is -0.959. The number of aryl methyl sites for hydroxylation is 1. The Balaban J connectivity index is 3.10. The van der Waals surface area contributed by atoms with E-state index in [2.05, 4.69) is 15.9 Å². The van der Waals surface area contributed by atoms with Gasteiger partial charge < -0.3 is 10.5 Å². The first kappa shape index (κ1) is 12.4. The van der Waals surface area contributed by atoms with Gasteiger partial charge in [-0.05, 0) is 46.9 Å². The predicted octanol–water partition coefficient (Wildman–Crippen LogP) is 2.63. The summed E-state index contributed by atoms with van der Waals surface area (Å²) >= 11 is 3.12. The molecule has 0 amide bonds. The Kier molecular flexibility index (Phi) is 4.47. The second-order valence-corrected chi connectivity index (χ2v) is 3.93. The van der Waals surface area contributed by atoms with Crippen LogP contribution in [0.15, 0.2) is 10.5 Å². The number of ether oxygens (including phenoxy) is 1.